The summed E-state index contributed by atoms with van der Waals surface area (Å²) in [5, 5.41) is 3.99. The molecule has 0 unspecified atom stereocenters. The third-order valence-corrected chi connectivity index (χ3v) is 6.09. The van der Waals surface area contributed by atoms with Crippen LogP contribution in [0.15, 0.2) is 47.4 Å². The van der Waals surface area contributed by atoms with Crippen LogP contribution in [-0.4, -0.2) is 43.5 Å². The van der Waals surface area contributed by atoms with Crippen molar-refractivity contribution >= 4 is 50.0 Å². The number of carbonyl (C=O) groups excluding carboxylic acids is 1. The molecule has 1 amide bonds. The zero-order chi connectivity index (χ0) is 17.9. The topological polar surface area (TPSA) is 54.5 Å². The molecule has 4 rings (SSSR count). The second-order valence-corrected chi connectivity index (χ2v) is 7.85. The summed E-state index contributed by atoms with van der Waals surface area (Å²) in [6.07, 6.45) is 2.02. The minimum absolute atomic E-state index is 0.102. The lowest BCUT2D eigenvalue weighted by molar-refractivity contribution is 0.102. The normalized spacial score (nSPS) is 14.6. The zero-order valence-corrected chi connectivity index (χ0v) is 16.0. The van der Waals surface area contributed by atoms with E-state index in [1.165, 1.54) is 0 Å². The first-order chi connectivity index (χ1) is 12.7. The van der Waals surface area contributed by atoms with Crippen LogP contribution in [0.4, 0.5) is 10.8 Å². The molecule has 1 aromatic heterocycles. The van der Waals surface area contributed by atoms with Crippen LogP contribution >= 0.6 is 23.1 Å². The van der Waals surface area contributed by atoms with Crippen LogP contribution in [0.2, 0.25) is 0 Å². The summed E-state index contributed by atoms with van der Waals surface area (Å²) < 4.78 is 6.47. The van der Waals surface area contributed by atoms with Gasteiger partial charge in [-0.2, -0.15) is 0 Å². The average molecular weight is 386 g/mol. The van der Waals surface area contributed by atoms with Gasteiger partial charge in [0.15, 0.2) is 5.13 Å². The van der Waals surface area contributed by atoms with E-state index >= 15 is 0 Å². The lowest BCUT2D eigenvalue weighted by Gasteiger charge is -2.25. The van der Waals surface area contributed by atoms with Crippen LogP contribution < -0.4 is 10.2 Å². The molecule has 134 valence electrons. The van der Waals surface area contributed by atoms with Gasteiger partial charge in [0.25, 0.3) is 5.91 Å². The molecule has 1 aliphatic heterocycles. The smallest absolute Gasteiger partial charge is 0.255 e. The molecule has 0 atom stereocenters. The number of hydrogen-bond acceptors (Lipinski definition) is 6. The van der Waals surface area contributed by atoms with Crippen LogP contribution in [0.1, 0.15) is 10.4 Å². The minimum Gasteiger partial charge on any atom is -0.378 e. The van der Waals surface area contributed by atoms with E-state index in [2.05, 4.69) is 10.2 Å². The van der Waals surface area contributed by atoms with Crippen molar-refractivity contribution in [2.45, 2.75) is 4.90 Å². The number of benzene rings is 2. The number of carbonyl (C=O) groups is 1. The molecule has 7 heteroatoms. The van der Waals surface area contributed by atoms with Crippen molar-refractivity contribution in [3.63, 3.8) is 0 Å². The molecule has 0 saturated carbocycles. The number of fused-ring (bicyclic) bond motifs is 1. The standard InChI is InChI=1S/C19H19N3O2S2/c1-25-15-5-2-13(3-6-15)18(23)20-14-4-7-16-17(12-14)26-19(21-16)22-8-10-24-11-9-22/h2-7,12H,8-11H2,1H3,(H,20,23). The van der Waals surface area contributed by atoms with E-state index in [1.807, 2.05) is 48.7 Å². The first-order valence-corrected chi connectivity index (χ1v) is 10.5. The minimum atomic E-state index is -0.102. The molecule has 2 aromatic carbocycles. The Hall–Kier alpha value is -2.09. The van der Waals surface area contributed by atoms with Crippen molar-refractivity contribution in [2.75, 3.05) is 42.8 Å². The van der Waals surface area contributed by atoms with Gasteiger partial charge in [0.2, 0.25) is 0 Å². The van der Waals surface area contributed by atoms with Gasteiger partial charge in [-0.25, -0.2) is 4.98 Å². The summed E-state index contributed by atoms with van der Waals surface area (Å²) in [4.78, 5) is 20.5. The van der Waals surface area contributed by atoms with E-state index in [0.717, 1.165) is 52.2 Å². The van der Waals surface area contributed by atoms with E-state index in [-0.39, 0.29) is 5.91 Å². The Labute approximate surface area is 160 Å². The fourth-order valence-corrected chi connectivity index (χ4v) is 4.29. The summed E-state index contributed by atoms with van der Waals surface area (Å²) in [7, 11) is 0. The molecule has 2 heterocycles. The molecular formula is C19H19N3O2S2. The molecule has 1 aliphatic rings. The Morgan fingerprint density at radius 3 is 2.69 bits per heavy atom. The quantitative estimate of drug-likeness (QED) is 0.685. The first-order valence-electron chi connectivity index (χ1n) is 8.41. The lowest BCUT2D eigenvalue weighted by atomic mass is 10.2. The zero-order valence-electron chi connectivity index (χ0n) is 14.4. The second-order valence-electron chi connectivity index (χ2n) is 5.96. The van der Waals surface area contributed by atoms with E-state index < -0.39 is 0 Å². The van der Waals surface area contributed by atoms with E-state index in [9.17, 15) is 4.79 Å². The van der Waals surface area contributed by atoms with E-state index in [0.29, 0.717) is 5.56 Å². The van der Waals surface area contributed by atoms with Gasteiger partial charge < -0.3 is 15.0 Å². The largest absolute Gasteiger partial charge is 0.378 e. The van der Waals surface area contributed by atoms with Crippen molar-refractivity contribution in [2.24, 2.45) is 0 Å². The van der Waals surface area contributed by atoms with E-state index in [4.69, 9.17) is 9.72 Å². The molecule has 1 saturated heterocycles. The van der Waals surface area contributed by atoms with Gasteiger partial charge >= 0.3 is 0 Å². The first kappa shape index (κ1) is 17.3. The molecule has 0 spiro atoms. The van der Waals surface area contributed by atoms with Crippen molar-refractivity contribution in [3.05, 3.63) is 48.0 Å². The Morgan fingerprint density at radius 2 is 1.96 bits per heavy atom. The summed E-state index contributed by atoms with van der Waals surface area (Å²) in [5.74, 6) is -0.102. The fraction of sp³-hybridized carbons (Fsp3) is 0.263. The predicted octanol–water partition coefficient (Wildman–Crippen LogP) is 4.11. The lowest BCUT2D eigenvalue weighted by Crippen LogP contribution is -2.36. The van der Waals surface area contributed by atoms with Crippen LogP contribution in [-0.2, 0) is 4.74 Å². The Morgan fingerprint density at radius 1 is 1.19 bits per heavy atom. The van der Waals surface area contributed by atoms with Crippen LogP contribution in [0, 0.1) is 0 Å². The number of ether oxygens (including phenoxy) is 1. The van der Waals surface area contributed by atoms with Crippen LogP contribution in [0.25, 0.3) is 10.2 Å². The van der Waals surface area contributed by atoms with Crippen molar-refractivity contribution in [1.82, 2.24) is 4.98 Å². The number of aromatic nitrogens is 1. The maximum atomic E-state index is 12.5. The Kier molecular flexibility index (Phi) is 5.10. The highest BCUT2D eigenvalue weighted by Crippen LogP contribution is 2.31. The van der Waals surface area contributed by atoms with Gasteiger partial charge in [0.1, 0.15) is 0 Å². The Balaban J connectivity index is 1.51. The number of nitrogens with zero attached hydrogens (tertiary/aromatic N) is 2. The molecule has 5 nitrogen and oxygen atoms in total. The number of amides is 1. The van der Waals surface area contributed by atoms with Gasteiger partial charge in [-0.15, -0.1) is 11.8 Å². The predicted molar refractivity (Wildman–Crippen MR) is 109 cm³/mol. The molecule has 1 fully saturated rings. The highest BCUT2D eigenvalue weighted by molar-refractivity contribution is 7.98. The number of morpholine rings is 1. The number of rotatable bonds is 4. The second kappa shape index (κ2) is 7.65. The van der Waals surface area contributed by atoms with Gasteiger partial charge in [-0.05, 0) is 48.7 Å². The third kappa shape index (κ3) is 3.70. The molecule has 1 N–H and O–H groups in total. The molecule has 0 bridgehead atoms. The van der Waals surface area contributed by atoms with E-state index in [1.54, 1.807) is 23.1 Å². The van der Waals surface area contributed by atoms with Gasteiger partial charge in [0, 0.05) is 29.2 Å². The molecular weight excluding hydrogens is 366 g/mol. The summed E-state index contributed by atoms with van der Waals surface area (Å²) >= 11 is 3.31. The van der Waals surface area contributed by atoms with Crippen molar-refractivity contribution in [3.8, 4) is 0 Å². The number of nitrogens with one attached hydrogen (secondary N) is 1. The number of thiazole rings is 1. The maximum Gasteiger partial charge on any atom is 0.255 e. The van der Waals surface area contributed by atoms with Crippen molar-refractivity contribution in [1.29, 1.82) is 0 Å². The van der Waals surface area contributed by atoms with Gasteiger partial charge in [-0.3, -0.25) is 4.79 Å². The SMILES string of the molecule is CSc1ccc(C(=O)Nc2ccc3nc(N4CCOCC4)sc3c2)cc1. The van der Waals surface area contributed by atoms with Crippen molar-refractivity contribution < 1.29 is 9.53 Å². The fourth-order valence-electron chi connectivity index (χ4n) is 2.83. The number of thioether (sulfide) groups is 1. The highest BCUT2D eigenvalue weighted by atomic mass is 32.2. The van der Waals surface area contributed by atoms with Gasteiger partial charge in [0.05, 0.1) is 23.4 Å². The molecule has 26 heavy (non-hydrogen) atoms. The summed E-state index contributed by atoms with van der Waals surface area (Å²) in [5.41, 5.74) is 2.40. The monoisotopic (exact) mass is 385 g/mol. The van der Waals surface area contributed by atoms with Gasteiger partial charge in [-0.1, -0.05) is 11.3 Å². The number of hydrogen-bond donors (Lipinski definition) is 1. The highest BCUT2D eigenvalue weighted by Gasteiger charge is 2.16. The van der Waals surface area contributed by atoms with Crippen LogP contribution in [0.5, 0.6) is 0 Å². The van der Waals surface area contributed by atoms with Crippen LogP contribution in [0.3, 0.4) is 0 Å². The Bertz CT molecular complexity index is 918. The third-order valence-electron chi connectivity index (χ3n) is 4.27. The molecule has 0 radical (unpaired) electrons. The summed E-state index contributed by atoms with van der Waals surface area (Å²) in [6, 6.07) is 13.5. The number of anilines is 2. The maximum absolute atomic E-state index is 12.5. The average Bonchev–Trinajstić information content (AvgIpc) is 3.12. The summed E-state index contributed by atoms with van der Waals surface area (Å²) in [6.45, 7) is 3.23. The molecule has 3 aromatic rings. The molecule has 0 aliphatic carbocycles.